The zero-order valence-corrected chi connectivity index (χ0v) is 16.0. The summed E-state index contributed by atoms with van der Waals surface area (Å²) in [6.45, 7) is 4.88. The maximum atomic E-state index is 13.8. The second-order valence-corrected chi connectivity index (χ2v) is 7.79. The molecule has 1 N–H and O–H groups in total. The summed E-state index contributed by atoms with van der Waals surface area (Å²) in [7, 11) is 1.41. The van der Waals surface area contributed by atoms with Crippen LogP contribution in [0.25, 0.3) is 0 Å². The van der Waals surface area contributed by atoms with Crippen molar-refractivity contribution < 1.29 is 13.9 Å². The number of benzene rings is 1. The second kappa shape index (κ2) is 8.64. The lowest BCUT2D eigenvalue weighted by molar-refractivity contribution is 0.0914. The molecular formula is C20H25FN2O2S. The van der Waals surface area contributed by atoms with Gasteiger partial charge in [0.2, 0.25) is 0 Å². The van der Waals surface area contributed by atoms with E-state index in [2.05, 4.69) is 28.6 Å². The number of halogens is 1. The quantitative estimate of drug-likeness (QED) is 0.825. The molecule has 1 aromatic carbocycles. The van der Waals surface area contributed by atoms with E-state index in [0.29, 0.717) is 12.1 Å². The minimum atomic E-state index is -0.528. The fourth-order valence-electron chi connectivity index (χ4n) is 3.33. The Balaban J connectivity index is 1.67. The third kappa shape index (κ3) is 4.43. The summed E-state index contributed by atoms with van der Waals surface area (Å²) in [5.74, 6) is 0.103. The molecule has 1 aromatic heterocycles. The van der Waals surface area contributed by atoms with E-state index in [1.807, 2.05) is 6.07 Å². The van der Waals surface area contributed by atoms with Crippen LogP contribution in [0.15, 0.2) is 35.7 Å². The number of ether oxygens (including phenoxy) is 1. The standard InChI is InChI=1S/C20H25FN2O2S/c1-14-7-9-23(10-8-14)17(19-4-3-11-26-19)13-22-20(24)15-5-6-18(25-2)16(21)12-15/h3-6,11-12,14,17H,7-10,13H2,1-2H3,(H,22,24). The highest BCUT2D eigenvalue weighted by Crippen LogP contribution is 2.29. The third-order valence-corrected chi connectivity index (χ3v) is 5.97. The lowest BCUT2D eigenvalue weighted by Gasteiger charge is -2.36. The van der Waals surface area contributed by atoms with E-state index in [1.165, 1.54) is 37.0 Å². The number of rotatable bonds is 6. The second-order valence-electron chi connectivity index (χ2n) is 6.81. The number of hydrogen-bond acceptors (Lipinski definition) is 4. The van der Waals surface area contributed by atoms with Gasteiger partial charge in [-0.1, -0.05) is 13.0 Å². The van der Waals surface area contributed by atoms with E-state index in [9.17, 15) is 9.18 Å². The van der Waals surface area contributed by atoms with Gasteiger partial charge in [0.05, 0.1) is 13.2 Å². The van der Waals surface area contributed by atoms with Crippen molar-refractivity contribution in [2.24, 2.45) is 5.92 Å². The van der Waals surface area contributed by atoms with E-state index in [4.69, 9.17) is 4.74 Å². The fraction of sp³-hybridized carbons (Fsp3) is 0.450. The van der Waals surface area contributed by atoms with Crippen LogP contribution in [0.4, 0.5) is 4.39 Å². The van der Waals surface area contributed by atoms with E-state index in [1.54, 1.807) is 17.4 Å². The molecule has 1 amide bonds. The molecule has 3 rings (SSSR count). The molecule has 0 bridgehead atoms. The molecule has 2 heterocycles. The number of thiophene rings is 1. The Hall–Kier alpha value is -1.92. The van der Waals surface area contributed by atoms with Crippen LogP contribution in [-0.4, -0.2) is 37.6 Å². The van der Waals surface area contributed by atoms with Gasteiger partial charge in [0.25, 0.3) is 5.91 Å². The van der Waals surface area contributed by atoms with Crippen molar-refractivity contribution in [3.63, 3.8) is 0 Å². The maximum Gasteiger partial charge on any atom is 0.251 e. The van der Waals surface area contributed by atoms with Crippen LogP contribution in [-0.2, 0) is 0 Å². The lowest BCUT2D eigenvalue weighted by Crippen LogP contribution is -2.41. The van der Waals surface area contributed by atoms with Gasteiger partial charge in [-0.3, -0.25) is 9.69 Å². The highest BCUT2D eigenvalue weighted by Gasteiger charge is 2.26. The predicted octanol–water partition coefficient (Wildman–Crippen LogP) is 4.10. The molecule has 1 aliphatic heterocycles. The van der Waals surface area contributed by atoms with Gasteiger partial charge in [-0.05, 0) is 61.5 Å². The van der Waals surface area contributed by atoms with Crippen LogP contribution < -0.4 is 10.1 Å². The van der Waals surface area contributed by atoms with Gasteiger partial charge in [-0.2, -0.15) is 0 Å². The molecule has 1 aliphatic rings. The van der Waals surface area contributed by atoms with Crippen LogP contribution in [0.1, 0.15) is 41.0 Å². The summed E-state index contributed by atoms with van der Waals surface area (Å²) < 4.78 is 18.8. The van der Waals surface area contributed by atoms with E-state index in [0.717, 1.165) is 19.0 Å². The van der Waals surface area contributed by atoms with Gasteiger partial charge in [-0.25, -0.2) is 4.39 Å². The molecule has 26 heavy (non-hydrogen) atoms. The lowest BCUT2D eigenvalue weighted by atomic mass is 9.97. The van der Waals surface area contributed by atoms with E-state index >= 15 is 0 Å². The highest BCUT2D eigenvalue weighted by atomic mass is 32.1. The Morgan fingerprint density at radius 3 is 2.77 bits per heavy atom. The average molecular weight is 376 g/mol. The van der Waals surface area contributed by atoms with Crippen LogP contribution in [0.2, 0.25) is 0 Å². The van der Waals surface area contributed by atoms with Crippen molar-refractivity contribution in [2.75, 3.05) is 26.7 Å². The summed E-state index contributed by atoms with van der Waals surface area (Å²) in [6, 6.07) is 8.60. The topological polar surface area (TPSA) is 41.6 Å². The number of carbonyl (C=O) groups excluding carboxylic acids is 1. The Kier molecular flexibility index (Phi) is 6.27. The number of nitrogens with one attached hydrogen (secondary N) is 1. The molecule has 0 spiro atoms. The SMILES string of the molecule is COc1ccc(C(=O)NCC(c2cccs2)N2CCC(C)CC2)cc1F. The summed E-state index contributed by atoms with van der Waals surface area (Å²) in [6.07, 6.45) is 2.36. The molecule has 140 valence electrons. The van der Waals surface area contributed by atoms with Gasteiger partial charge in [0.15, 0.2) is 11.6 Å². The molecule has 1 fully saturated rings. The molecular weight excluding hydrogens is 351 g/mol. The molecule has 1 atom stereocenters. The Bertz CT molecular complexity index is 727. The molecule has 1 saturated heterocycles. The summed E-state index contributed by atoms with van der Waals surface area (Å²) >= 11 is 1.71. The number of piperidine rings is 1. The first-order chi connectivity index (χ1) is 12.6. The predicted molar refractivity (Wildman–Crippen MR) is 102 cm³/mol. The Morgan fingerprint density at radius 1 is 1.38 bits per heavy atom. The van der Waals surface area contributed by atoms with Crippen molar-refractivity contribution in [3.8, 4) is 5.75 Å². The van der Waals surface area contributed by atoms with Gasteiger partial charge in [0.1, 0.15) is 0 Å². The molecule has 1 unspecified atom stereocenters. The number of nitrogens with zero attached hydrogens (tertiary/aromatic N) is 1. The first-order valence-corrected chi connectivity index (χ1v) is 9.85. The van der Waals surface area contributed by atoms with Crippen LogP contribution in [0.5, 0.6) is 5.75 Å². The number of likely N-dealkylation sites (tertiary alicyclic amines) is 1. The van der Waals surface area contributed by atoms with E-state index in [-0.39, 0.29) is 17.7 Å². The third-order valence-electron chi connectivity index (χ3n) is 5.00. The Morgan fingerprint density at radius 2 is 2.15 bits per heavy atom. The smallest absolute Gasteiger partial charge is 0.251 e. The normalized spacial score (nSPS) is 17.0. The molecule has 0 aliphatic carbocycles. The minimum absolute atomic E-state index is 0.139. The van der Waals surface area contributed by atoms with Crippen LogP contribution in [0.3, 0.4) is 0 Å². The molecule has 0 saturated carbocycles. The number of amides is 1. The summed E-state index contributed by atoms with van der Waals surface area (Å²) in [4.78, 5) is 16.2. The van der Waals surface area contributed by atoms with Crippen molar-refractivity contribution in [1.82, 2.24) is 10.2 Å². The van der Waals surface area contributed by atoms with Gasteiger partial charge >= 0.3 is 0 Å². The van der Waals surface area contributed by atoms with Crippen molar-refractivity contribution in [2.45, 2.75) is 25.8 Å². The molecule has 0 radical (unpaired) electrons. The first-order valence-electron chi connectivity index (χ1n) is 8.97. The average Bonchev–Trinajstić information content (AvgIpc) is 3.17. The van der Waals surface area contributed by atoms with Crippen molar-refractivity contribution >= 4 is 17.2 Å². The molecule has 2 aromatic rings. The zero-order valence-electron chi connectivity index (χ0n) is 15.2. The largest absolute Gasteiger partial charge is 0.494 e. The maximum absolute atomic E-state index is 13.8. The molecule has 4 nitrogen and oxygen atoms in total. The first kappa shape index (κ1) is 18.9. The highest BCUT2D eigenvalue weighted by molar-refractivity contribution is 7.10. The van der Waals surface area contributed by atoms with E-state index < -0.39 is 5.82 Å². The summed E-state index contributed by atoms with van der Waals surface area (Å²) in [5, 5.41) is 5.04. The van der Waals surface area contributed by atoms with Crippen LogP contribution >= 0.6 is 11.3 Å². The van der Waals surface area contributed by atoms with Crippen molar-refractivity contribution in [1.29, 1.82) is 0 Å². The molecule has 6 heteroatoms. The Labute approximate surface area is 158 Å². The number of methoxy groups -OCH3 is 1. The van der Waals surface area contributed by atoms with Crippen molar-refractivity contribution in [3.05, 3.63) is 52.0 Å². The van der Waals surface area contributed by atoms with Crippen LogP contribution in [0, 0.1) is 11.7 Å². The van der Waals surface area contributed by atoms with Gasteiger partial charge < -0.3 is 10.1 Å². The van der Waals surface area contributed by atoms with Gasteiger partial charge in [0, 0.05) is 17.0 Å². The number of carbonyl (C=O) groups is 1. The zero-order chi connectivity index (χ0) is 18.5. The minimum Gasteiger partial charge on any atom is -0.494 e. The monoisotopic (exact) mass is 376 g/mol. The number of hydrogen-bond donors (Lipinski definition) is 1. The van der Waals surface area contributed by atoms with Gasteiger partial charge in [-0.15, -0.1) is 11.3 Å². The fourth-order valence-corrected chi connectivity index (χ4v) is 4.19. The summed E-state index contributed by atoms with van der Waals surface area (Å²) in [5.41, 5.74) is 0.306.